The molecular weight excluding hydrogens is 314 g/mol. The number of halogens is 1. The molecule has 118 valence electrons. The highest BCUT2D eigenvalue weighted by molar-refractivity contribution is 7.89. The standard InChI is InChI=1S/C14H20ClNO4S/c1-20-14-5-4-12(9-13(14)15)21(18,19)16-7-2-3-11(10-16)6-8-17/h4-5,9,11,17H,2-3,6-8,10H2,1H3. The van der Waals surface area contributed by atoms with Gasteiger partial charge in [0.2, 0.25) is 10.0 Å². The molecule has 1 unspecified atom stereocenters. The second-order valence-corrected chi connectivity index (χ2v) is 7.53. The second-order valence-electron chi connectivity index (χ2n) is 5.18. The maximum absolute atomic E-state index is 12.7. The van der Waals surface area contributed by atoms with Crippen molar-refractivity contribution in [1.29, 1.82) is 0 Å². The molecule has 1 aromatic carbocycles. The first-order valence-electron chi connectivity index (χ1n) is 6.93. The minimum absolute atomic E-state index is 0.0902. The number of aliphatic hydroxyl groups is 1. The summed E-state index contributed by atoms with van der Waals surface area (Å²) >= 11 is 6.01. The lowest BCUT2D eigenvalue weighted by atomic mass is 9.97. The first-order chi connectivity index (χ1) is 9.98. The van der Waals surface area contributed by atoms with Crippen LogP contribution >= 0.6 is 11.6 Å². The Kier molecular flexibility index (Phi) is 5.48. The number of hydrogen-bond donors (Lipinski definition) is 1. The van der Waals surface area contributed by atoms with E-state index in [0.717, 1.165) is 12.8 Å². The summed E-state index contributed by atoms with van der Waals surface area (Å²) in [7, 11) is -2.06. The van der Waals surface area contributed by atoms with Crippen LogP contribution in [0.15, 0.2) is 23.1 Å². The zero-order valence-corrected chi connectivity index (χ0v) is 13.5. The molecule has 1 heterocycles. The largest absolute Gasteiger partial charge is 0.495 e. The van der Waals surface area contributed by atoms with Crippen LogP contribution in [0.4, 0.5) is 0 Å². The van der Waals surface area contributed by atoms with Crippen LogP contribution < -0.4 is 4.74 Å². The minimum Gasteiger partial charge on any atom is -0.495 e. The molecule has 21 heavy (non-hydrogen) atoms. The number of ether oxygens (including phenoxy) is 1. The fraction of sp³-hybridized carbons (Fsp3) is 0.571. The van der Waals surface area contributed by atoms with Gasteiger partial charge >= 0.3 is 0 Å². The number of methoxy groups -OCH3 is 1. The third kappa shape index (κ3) is 3.69. The van der Waals surface area contributed by atoms with E-state index in [1.54, 1.807) is 6.07 Å². The smallest absolute Gasteiger partial charge is 0.243 e. The van der Waals surface area contributed by atoms with Crippen molar-refractivity contribution in [3.8, 4) is 5.75 Å². The first kappa shape index (κ1) is 16.5. The molecule has 1 saturated heterocycles. The monoisotopic (exact) mass is 333 g/mol. The molecule has 0 amide bonds. The highest BCUT2D eigenvalue weighted by atomic mass is 35.5. The van der Waals surface area contributed by atoms with E-state index in [1.165, 1.54) is 23.5 Å². The van der Waals surface area contributed by atoms with Crippen molar-refractivity contribution in [1.82, 2.24) is 4.31 Å². The van der Waals surface area contributed by atoms with Crippen molar-refractivity contribution in [2.75, 3.05) is 26.8 Å². The first-order valence-corrected chi connectivity index (χ1v) is 8.75. The molecule has 1 aromatic rings. The van der Waals surface area contributed by atoms with Crippen LogP contribution in [-0.2, 0) is 10.0 Å². The molecule has 1 fully saturated rings. The molecule has 1 aliphatic heterocycles. The van der Waals surface area contributed by atoms with Crippen LogP contribution in [0.25, 0.3) is 0 Å². The van der Waals surface area contributed by atoms with Crippen LogP contribution in [-0.4, -0.2) is 44.6 Å². The Morgan fingerprint density at radius 1 is 1.48 bits per heavy atom. The summed E-state index contributed by atoms with van der Waals surface area (Å²) in [4.78, 5) is 0.179. The van der Waals surface area contributed by atoms with Crippen LogP contribution in [0.5, 0.6) is 5.75 Å². The predicted octanol–water partition coefficient (Wildman–Crippen LogP) is 2.13. The number of nitrogens with zero attached hydrogens (tertiary/aromatic N) is 1. The van der Waals surface area contributed by atoms with E-state index in [1.807, 2.05) is 0 Å². The molecule has 1 aliphatic rings. The average Bonchev–Trinajstić information content (AvgIpc) is 2.48. The van der Waals surface area contributed by atoms with Crippen LogP contribution in [0.3, 0.4) is 0 Å². The molecule has 0 bridgehead atoms. The Morgan fingerprint density at radius 3 is 2.86 bits per heavy atom. The average molecular weight is 334 g/mol. The topological polar surface area (TPSA) is 66.8 Å². The van der Waals surface area contributed by atoms with Crippen LogP contribution in [0.2, 0.25) is 5.02 Å². The van der Waals surface area contributed by atoms with Gasteiger partial charge in [0.05, 0.1) is 17.0 Å². The lowest BCUT2D eigenvalue weighted by molar-refractivity contribution is 0.203. The van der Waals surface area contributed by atoms with Crippen molar-refractivity contribution >= 4 is 21.6 Å². The van der Waals surface area contributed by atoms with Gasteiger partial charge in [-0.1, -0.05) is 11.6 Å². The van der Waals surface area contributed by atoms with Crippen molar-refractivity contribution in [3.63, 3.8) is 0 Å². The molecule has 0 saturated carbocycles. The van der Waals surface area contributed by atoms with Gasteiger partial charge in [-0.15, -0.1) is 0 Å². The summed E-state index contributed by atoms with van der Waals surface area (Å²) < 4.78 is 31.8. The summed E-state index contributed by atoms with van der Waals surface area (Å²) in [6, 6.07) is 4.49. The van der Waals surface area contributed by atoms with E-state index < -0.39 is 10.0 Å². The Bertz CT molecular complexity index is 589. The number of aliphatic hydroxyl groups excluding tert-OH is 1. The number of benzene rings is 1. The van der Waals surface area contributed by atoms with Crippen molar-refractivity contribution in [2.45, 2.75) is 24.2 Å². The zero-order valence-electron chi connectivity index (χ0n) is 12.0. The SMILES string of the molecule is COc1ccc(S(=O)(=O)N2CCCC(CCO)C2)cc1Cl. The molecule has 1 atom stereocenters. The van der Waals surface area contributed by atoms with Gasteiger partial charge in [0.25, 0.3) is 0 Å². The summed E-state index contributed by atoms with van der Waals surface area (Å²) in [5.74, 6) is 0.666. The normalized spacial score (nSPS) is 20.4. The fourth-order valence-electron chi connectivity index (χ4n) is 2.62. The minimum atomic E-state index is -3.55. The lowest BCUT2D eigenvalue weighted by Crippen LogP contribution is -2.40. The van der Waals surface area contributed by atoms with E-state index in [9.17, 15) is 8.42 Å². The van der Waals surface area contributed by atoms with Gasteiger partial charge in [-0.25, -0.2) is 8.42 Å². The molecule has 2 rings (SSSR count). The molecule has 0 aliphatic carbocycles. The molecule has 1 N–H and O–H groups in total. The molecule has 0 radical (unpaired) electrons. The second kappa shape index (κ2) is 6.96. The number of hydrogen-bond acceptors (Lipinski definition) is 4. The Hall–Kier alpha value is -0.820. The molecule has 0 spiro atoms. The summed E-state index contributed by atoms with van der Waals surface area (Å²) in [5, 5.41) is 9.30. The van der Waals surface area contributed by atoms with E-state index in [4.69, 9.17) is 21.4 Å². The van der Waals surface area contributed by atoms with Gasteiger partial charge in [-0.3, -0.25) is 0 Å². The highest BCUT2D eigenvalue weighted by Gasteiger charge is 2.30. The van der Waals surface area contributed by atoms with Crippen LogP contribution in [0.1, 0.15) is 19.3 Å². The summed E-state index contributed by atoms with van der Waals surface area (Å²) in [6.07, 6.45) is 2.40. The van der Waals surface area contributed by atoms with Gasteiger partial charge in [0, 0.05) is 19.7 Å². The van der Waals surface area contributed by atoms with Crippen molar-refractivity contribution in [2.24, 2.45) is 5.92 Å². The third-order valence-corrected chi connectivity index (χ3v) is 5.94. The predicted molar refractivity (Wildman–Crippen MR) is 81.2 cm³/mol. The van der Waals surface area contributed by atoms with E-state index in [2.05, 4.69) is 0 Å². The highest BCUT2D eigenvalue weighted by Crippen LogP contribution is 2.30. The summed E-state index contributed by atoms with van der Waals surface area (Å²) in [5.41, 5.74) is 0. The number of piperidine rings is 1. The van der Waals surface area contributed by atoms with Crippen molar-refractivity contribution in [3.05, 3.63) is 23.2 Å². The fourth-order valence-corrected chi connectivity index (χ4v) is 4.52. The van der Waals surface area contributed by atoms with Gasteiger partial charge in [0.1, 0.15) is 5.75 Å². The quantitative estimate of drug-likeness (QED) is 0.896. The summed E-state index contributed by atoms with van der Waals surface area (Å²) in [6.45, 7) is 1.05. The van der Waals surface area contributed by atoms with E-state index in [-0.39, 0.29) is 22.4 Å². The molecule has 7 heteroatoms. The van der Waals surface area contributed by atoms with Crippen LogP contribution in [0, 0.1) is 5.92 Å². The van der Waals surface area contributed by atoms with Crippen molar-refractivity contribution < 1.29 is 18.3 Å². The van der Waals surface area contributed by atoms with E-state index >= 15 is 0 Å². The Morgan fingerprint density at radius 2 is 2.24 bits per heavy atom. The Labute approximate surface area is 130 Å². The van der Waals surface area contributed by atoms with Gasteiger partial charge in [-0.2, -0.15) is 4.31 Å². The third-order valence-electron chi connectivity index (χ3n) is 3.78. The maximum atomic E-state index is 12.7. The number of rotatable bonds is 5. The molecule has 0 aromatic heterocycles. The maximum Gasteiger partial charge on any atom is 0.243 e. The number of sulfonamides is 1. The lowest BCUT2D eigenvalue weighted by Gasteiger charge is -2.31. The van der Waals surface area contributed by atoms with Gasteiger partial charge < -0.3 is 9.84 Å². The van der Waals surface area contributed by atoms with E-state index in [0.29, 0.717) is 25.3 Å². The molecular formula is C14H20ClNO4S. The van der Waals surface area contributed by atoms with Gasteiger partial charge in [-0.05, 0) is 43.4 Å². The zero-order chi connectivity index (χ0) is 15.5. The van der Waals surface area contributed by atoms with Gasteiger partial charge in [0.15, 0.2) is 0 Å². The molecule has 5 nitrogen and oxygen atoms in total. The Balaban J connectivity index is 2.23.